The van der Waals surface area contributed by atoms with Gasteiger partial charge in [0.2, 0.25) is 0 Å². The summed E-state index contributed by atoms with van der Waals surface area (Å²) in [6, 6.07) is 12.5. The van der Waals surface area contributed by atoms with E-state index in [1.165, 1.54) is 0 Å². The molecule has 0 aliphatic carbocycles. The SMILES string of the molecule is Oc1ccccc1-c1nc2cc(Cl)ccc2[nH]1. The van der Waals surface area contributed by atoms with Gasteiger partial charge in [-0.25, -0.2) is 4.98 Å². The van der Waals surface area contributed by atoms with Crippen LogP contribution in [0, 0.1) is 0 Å². The van der Waals surface area contributed by atoms with Gasteiger partial charge in [-0.2, -0.15) is 0 Å². The zero-order chi connectivity index (χ0) is 11.8. The lowest BCUT2D eigenvalue weighted by Crippen LogP contribution is -1.80. The van der Waals surface area contributed by atoms with Crippen LogP contribution in [-0.4, -0.2) is 15.1 Å². The third kappa shape index (κ3) is 1.74. The second-order valence-electron chi connectivity index (χ2n) is 3.76. The molecule has 17 heavy (non-hydrogen) atoms. The van der Waals surface area contributed by atoms with Gasteiger partial charge in [0.15, 0.2) is 0 Å². The summed E-state index contributed by atoms with van der Waals surface area (Å²) in [5.74, 6) is 0.845. The zero-order valence-corrected chi connectivity index (χ0v) is 9.57. The number of phenols is 1. The number of nitrogens with zero attached hydrogens (tertiary/aromatic N) is 1. The van der Waals surface area contributed by atoms with Crippen LogP contribution in [0.25, 0.3) is 22.4 Å². The quantitative estimate of drug-likeness (QED) is 0.687. The Labute approximate surface area is 103 Å². The number of aromatic nitrogens is 2. The van der Waals surface area contributed by atoms with Crippen LogP contribution >= 0.6 is 11.6 Å². The number of imidazole rings is 1. The van der Waals surface area contributed by atoms with Gasteiger partial charge in [-0.1, -0.05) is 23.7 Å². The van der Waals surface area contributed by atoms with Crippen molar-refractivity contribution in [2.75, 3.05) is 0 Å². The highest BCUT2D eigenvalue weighted by Gasteiger charge is 2.08. The van der Waals surface area contributed by atoms with E-state index < -0.39 is 0 Å². The number of phenolic OH excluding ortho intramolecular Hbond substituents is 1. The summed E-state index contributed by atoms with van der Waals surface area (Å²) in [6.45, 7) is 0. The van der Waals surface area contributed by atoms with Gasteiger partial charge < -0.3 is 10.1 Å². The Morgan fingerprint density at radius 3 is 2.76 bits per heavy atom. The number of halogens is 1. The molecule has 0 bridgehead atoms. The first-order valence-electron chi connectivity index (χ1n) is 5.18. The second kappa shape index (κ2) is 3.79. The summed E-state index contributed by atoms with van der Waals surface area (Å²) in [5, 5.41) is 10.4. The minimum Gasteiger partial charge on any atom is -0.507 e. The molecule has 0 atom stereocenters. The normalized spacial score (nSPS) is 10.9. The van der Waals surface area contributed by atoms with Crippen molar-refractivity contribution >= 4 is 22.6 Å². The Bertz CT molecular complexity index is 691. The predicted octanol–water partition coefficient (Wildman–Crippen LogP) is 3.59. The Morgan fingerprint density at radius 2 is 1.94 bits per heavy atom. The number of aromatic amines is 1. The van der Waals surface area contributed by atoms with Crippen molar-refractivity contribution in [3.05, 3.63) is 47.5 Å². The van der Waals surface area contributed by atoms with E-state index in [-0.39, 0.29) is 5.75 Å². The van der Waals surface area contributed by atoms with E-state index in [0.717, 1.165) is 11.0 Å². The summed E-state index contributed by atoms with van der Waals surface area (Å²) >= 11 is 5.90. The molecule has 0 radical (unpaired) electrons. The van der Waals surface area contributed by atoms with Crippen LogP contribution in [0.3, 0.4) is 0 Å². The molecule has 2 N–H and O–H groups in total. The maximum atomic E-state index is 9.76. The number of benzene rings is 2. The molecule has 3 aromatic rings. The lowest BCUT2D eigenvalue weighted by Gasteiger charge is -1.98. The average Bonchev–Trinajstić information content (AvgIpc) is 2.72. The number of nitrogens with one attached hydrogen (secondary N) is 1. The number of aromatic hydroxyl groups is 1. The molecule has 0 saturated heterocycles. The number of para-hydroxylation sites is 1. The van der Waals surface area contributed by atoms with Crippen molar-refractivity contribution in [2.45, 2.75) is 0 Å². The highest BCUT2D eigenvalue weighted by molar-refractivity contribution is 6.31. The second-order valence-corrected chi connectivity index (χ2v) is 4.20. The lowest BCUT2D eigenvalue weighted by atomic mass is 10.2. The molecule has 3 rings (SSSR count). The molecule has 3 nitrogen and oxygen atoms in total. The summed E-state index contributed by atoms with van der Waals surface area (Å²) < 4.78 is 0. The van der Waals surface area contributed by atoms with Crippen molar-refractivity contribution in [3.8, 4) is 17.1 Å². The Balaban J connectivity index is 2.22. The van der Waals surface area contributed by atoms with Crippen LogP contribution in [0.2, 0.25) is 5.02 Å². The first-order valence-corrected chi connectivity index (χ1v) is 5.55. The fourth-order valence-electron chi connectivity index (χ4n) is 1.78. The van der Waals surface area contributed by atoms with Gasteiger partial charge in [-0.15, -0.1) is 0 Å². The molecule has 0 saturated carbocycles. The van der Waals surface area contributed by atoms with E-state index in [2.05, 4.69) is 9.97 Å². The van der Waals surface area contributed by atoms with Crippen molar-refractivity contribution in [1.29, 1.82) is 0 Å². The smallest absolute Gasteiger partial charge is 0.142 e. The van der Waals surface area contributed by atoms with E-state index in [1.807, 2.05) is 18.2 Å². The van der Waals surface area contributed by atoms with Crippen molar-refractivity contribution in [1.82, 2.24) is 9.97 Å². The molecule has 1 aromatic heterocycles. The van der Waals surface area contributed by atoms with Gasteiger partial charge in [-0.3, -0.25) is 0 Å². The molecule has 84 valence electrons. The van der Waals surface area contributed by atoms with Gasteiger partial charge >= 0.3 is 0 Å². The molecule has 2 aromatic carbocycles. The first kappa shape index (κ1) is 10.2. The van der Waals surface area contributed by atoms with Gasteiger partial charge in [0.1, 0.15) is 11.6 Å². The average molecular weight is 245 g/mol. The molecule has 1 heterocycles. The van der Waals surface area contributed by atoms with Crippen LogP contribution in [0.1, 0.15) is 0 Å². The maximum Gasteiger partial charge on any atom is 0.142 e. The Kier molecular flexibility index (Phi) is 2.27. The molecule has 0 unspecified atom stereocenters. The summed E-state index contributed by atoms with van der Waals surface area (Å²) in [6.07, 6.45) is 0. The summed E-state index contributed by atoms with van der Waals surface area (Å²) in [4.78, 5) is 7.55. The molecule has 0 fully saturated rings. The standard InChI is InChI=1S/C13H9ClN2O/c14-8-5-6-10-11(7-8)16-13(15-10)9-3-1-2-4-12(9)17/h1-7,17H,(H,15,16). The molecule has 0 aliphatic rings. The zero-order valence-electron chi connectivity index (χ0n) is 8.81. The van der Waals surface area contributed by atoms with E-state index in [9.17, 15) is 5.11 Å². The number of rotatable bonds is 1. The third-order valence-corrected chi connectivity index (χ3v) is 2.84. The summed E-state index contributed by atoms with van der Waals surface area (Å²) in [7, 11) is 0. The topological polar surface area (TPSA) is 48.9 Å². The van der Waals surface area contributed by atoms with E-state index in [4.69, 9.17) is 11.6 Å². The fourth-order valence-corrected chi connectivity index (χ4v) is 1.95. The minimum atomic E-state index is 0.206. The molecule has 0 spiro atoms. The Morgan fingerprint density at radius 1 is 1.12 bits per heavy atom. The van der Waals surface area contributed by atoms with Crippen LogP contribution in [0.15, 0.2) is 42.5 Å². The Hall–Kier alpha value is -2.00. The molecule has 0 amide bonds. The van der Waals surface area contributed by atoms with Crippen LogP contribution in [0.4, 0.5) is 0 Å². The minimum absolute atomic E-state index is 0.206. The van der Waals surface area contributed by atoms with Crippen molar-refractivity contribution < 1.29 is 5.11 Å². The number of fused-ring (bicyclic) bond motifs is 1. The highest BCUT2D eigenvalue weighted by Crippen LogP contribution is 2.28. The van der Waals surface area contributed by atoms with Gasteiger partial charge in [-0.05, 0) is 30.3 Å². The van der Waals surface area contributed by atoms with E-state index in [1.54, 1.807) is 24.3 Å². The molecule has 4 heteroatoms. The predicted molar refractivity (Wildman–Crippen MR) is 68.2 cm³/mol. The largest absolute Gasteiger partial charge is 0.507 e. The third-order valence-electron chi connectivity index (χ3n) is 2.60. The van der Waals surface area contributed by atoms with E-state index >= 15 is 0 Å². The number of H-pyrrole nitrogens is 1. The fraction of sp³-hybridized carbons (Fsp3) is 0. The van der Waals surface area contributed by atoms with Crippen molar-refractivity contribution in [2.24, 2.45) is 0 Å². The summed E-state index contributed by atoms with van der Waals surface area (Å²) in [5.41, 5.74) is 2.36. The van der Waals surface area contributed by atoms with Crippen LogP contribution in [0.5, 0.6) is 5.75 Å². The van der Waals surface area contributed by atoms with Gasteiger partial charge in [0.25, 0.3) is 0 Å². The van der Waals surface area contributed by atoms with Gasteiger partial charge in [0, 0.05) is 5.02 Å². The van der Waals surface area contributed by atoms with Crippen LogP contribution in [-0.2, 0) is 0 Å². The van der Waals surface area contributed by atoms with Gasteiger partial charge in [0.05, 0.1) is 16.6 Å². The molecular weight excluding hydrogens is 236 g/mol. The number of hydrogen-bond donors (Lipinski definition) is 2. The maximum absolute atomic E-state index is 9.76. The molecular formula is C13H9ClN2O. The van der Waals surface area contributed by atoms with Crippen LogP contribution < -0.4 is 0 Å². The number of hydrogen-bond acceptors (Lipinski definition) is 2. The lowest BCUT2D eigenvalue weighted by molar-refractivity contribution is 0.477. The highest BCUT2D eigenvalue weighted by atomic mass is 35.5. The first-order chi connectivity index (χ1) is 8.24. The van der Waals surface area contributed by atoms with E-state index in [0.29, 0.717) is 16.4 Å². The van der Waals surface area contributed by atoms with Crippen molar-refractivity contribution in [3.63, 3.8) is 0 Å². The monoisotopic (exact) mass is 244 g/mol. The molecule has 0 aliphatic heterocycles.